The Bertz CT molecular complexity index is 1820. The summed E-state index contributed by atoms with van der Waals surface area (Å²) < 4.78 is 66.1. The van der Waals surface area contributed by atoms with Gasteiger partial charge in [0.05, 0.1) is 37.9 Å². The van der Waals surface area contributed by atoms with Crippen molar-refractivity contribution in [3.8, 4) is 28.6 Å². The van der Waals surface area contributed by atoms with Crippen molar-refractivity contribution in [3.63, 3.8) is 0 Å². The first-order chi connectivity index (χ1) is 23.7. The van der Waals surface area contributed by atoms with E-state index in [0.717, 1.165) is 45.3 Å². The molecule has 3 N–H and O–H groups in total. The Balaban J connectivity index is 1.45. The number of rotatable bonds is 15. The number of hydrogen-bond donors (Lipinski definition) is 3. The maximum absolute atomic E-state index is 17.0. The Morgan fingerprint density at radius 1 is 1.06 bits per heavy atom. The lowest BCUT2D eigenvalue weighted by atomic mass is 9.91. The van der Waals surface area contributed by atoms with Crippen LogP contribution < -0.4 is 20.1 Å². The molecule has 1 aliphatic heterocycles. The van der Waals surface area contributed by atoms with Crippen LogP contribution in [0.25, 0.3) is 32.8 Å². The minimum atomic E-state index is -1.01. The molecule has 2 aliphatic rings. The predicted molar refractivity (Wildman–Crippen MR) is 185 cm³/mol. The van der Waals surface area contributed by atoms with E-state index in [2.05, 4.69) is 39.3 Å². The van der Waals surface area contributed by atoms with Crippen LogP contribution in [0.1, 0.15) is 52.0 Å². The molecule has 12 heteroatoms. The maximum atomic E-state index is 17.0. The van der Waals surface area contributed by atoms with E-state index in [-0.39, 0.29) is 57.2 Å². The number of halogens is 3. The van der Waals surface area contributed by atoms with E-state index in [0.29, 0.717) is 49.7 Å². The largest absolute Gasteiger partial charge is 0.508 e. The quantitative estimate of drug-likeness (QED) is 0.117. The van der Waals surface area contributed by atoms with E-state index in [1.165, 1.54) is 31.4 Å². The van der Waals surface area contributed by atoms with Gasteiger partial charge in [-0.15, -0.1) is 0 Å². The number of aromatic hydroxyl groups is 1. The van der Waals surface area contributed by atoms with E-state index < -0.39 is 23.0 Å². The van der Waals surface area contributed by atoms with Crippen molar-refractivity contribution in [2.75, 3.05) is 65.0 Å². The summed E-state index contributed by atoms with van der Waals surface area (Å²) in [5.41, 5.74) is -0.501. The van der Waals surface area contributed by atoms with Crippen LogP contribution in [0.3, 0.4) is 0 Å². The van der Waals surface area contributed by atoms with E-state index in [1.54, 1.807) is 6.92 Å². The molecule has 1 unspecified atom stereocenters. The number of benzene rings is 3. The van der Waals surface area contributed by atoms with Crippen LogP contribution >= 0.6 is 0 Å². The normalized spacial score (nSPS) is 17.5. The number of unbranched alkanes of at least 4 members (excludes halogenated alkanes) is 1. The van der Waals surface area contributed by atoms with Crippen molar-refractivity contribution in [2.45, 2.75) is 58.9 Å². The van der Waals surface area contributed by atoms with Crippen LogP contribution in [0.15, 0.2) is 24.3 Å². The minimum absolute atomic E-state index is 0.00571. The van der Waals surface area contributed by atoms with Crippen molar-refractivity contribution in [1.29, 1.82) is 0 Å². The molecule has 0 bridgehead atoms. The topological polar surface area (TPSA) is 101 Å². The summed E-state index contributed by atoms with van der Waals surface area (Å²) in [5.74, 6) is -2.83. The first-order valence-electron chi connectivity index (χ1n) is 17.3. The summed E-state index contributed by atoms with van der Waals surface area (Å²) in [6.07, 6.45) is 4.32. The molecule has 1 saturated heterocycles. The summed E-state index contributed by atoms with van der Waals surface area (Å²) in [5, 5.41) is 18.0. The number of ether oxygens (including phenoxy) is 3. The van der Waals surface area contributed by atoms with Gasteiger partial charge in [0.2, 0.25) is 0 Å². The fourth-order valence-electron chi connectivity index (χ4n) is 6.78. The third-order valence-corrected chi connectivity index (χ3v) is 9.75. The third-order valence-electron chi connectivity index (χ3n) is 9.75. The number of phenols is 1. The van der Waals surface area contributed by atoms with Gasteiger partial charge >= 0.3 is 6.01 Å². The monoisotopic (exact) mass is 681 g/mol. The first kappa shape index (κ1) is 35.0. The minimum Gasteiger partial charge on any atom is -0.508 e. The summed E-state index contributed by atoms with van der Waals surface area (Å²) in [6, 6.07) is 5.72. The summed E-state index contributed by atoms with van der Waals surface area (Å²) in [4.78, 5) is 11.5. The molecule has 4 aromatic rings. The number of phenolic OH excluding ortho intramolecular Hbond substituents is 1. The summed E-state index contributed by atoms with van der Waals surface area (Å²) in [6.45, 7) is 11.3. The molecular weight excluding hydrogens is 635 g/mol. The van der Waals surface area contributed by atoms with E-state index in [1.807, 2.05) is 0 Å². The molecule has 0 spiro atoms. The van der Waals surface area contributed by atoms with Crippen LogP contribution in [-0.2, 0) is 11.2 Å². The zero-order valence-corrected chi connectivity index (χ0v) is 28.7. The standard InChI is InChI=1S/C37H46F3N5O4/c1-5-7-12-41-13-14-42-35-30-33(43-36(44-35)49-21-37(10-11-37)20-45-15-16-48-19-22(45)3)31(39)29(32(40)34(30)47-4)26-18-24(46)17-23-8-9-27(38)25(6-2)28(23)26/h8-9,17-18,22,41,46H,5-7,10-16,19-21H2,1-4H3,(H,42,43,44). The number of nitrogens with one attached hydrogen (secondary N) is 2. The Morgan fingerprint density at radius 2 is 1.88 bits per heavy atom. The number of aryl methyl sites for hydroxylation is 1. The SMILES string of the molecule is CCCCNCCNc1nc(OCC2(CN3CCOCC3C)CC2)nc2c(F)c(-c3cc(O)cc4ccc(F)c(CC)c34)c(F)c(OC)c12. The number of nitrogens with zero attached hydrogens (tertiary/aromatic N) is 3. The number of fused-ring (bicyclic) bond motifs is 2. The molecule has 264 valence electrons. The van der Waals surface area contributed by atoms with Gasteiger partial charge in [-0.1, -0.05) is 26.3 Å². The molecule has 1 aliphatic carbocycles. The molecule has 1 saturated carbocycles. The lowest BCUT2D eigenvalue weighted by Crippen LogP contribution is -2.47. The smallest absolute Gasteiger partial charge is 0.319 e. The molecule has 2 fully saturated rings. The highest BCUT2D eigenvalue weighted by Crippen LogP contribution is 2.48. The average Bonchev–Trinajstić information content (AvgIpc) is 3.86. The number of hydrogen-bond acceptors (Lipinski definition) is 9. The summed E-state index contributed by atoms with van der Waals surface area (Å²) in [7, 11) is 1.29. The number of methoxy groups -OCH3 is 1. The molecule has 9 nitrogen and oxygen atoms in total. The second kappa shape index (κ2) is 14.9. The van der Waals surface area contributed by atoms with Crippen LogP contribution in [-0.4, -0.2) is 85.7 Å². The first-order valence-corrected chi connectivity index (χ1v) is 17.3. The summed E-state index contributed by atoms with van der Waals surface area (Å²) >= 11 is 0. The Hall–Kier alpha value is -3.87. The van der Waals surface area contributed by atoms with Crippen molar-refractivity contribution in [3.05, 3.63) is 47.3 Å². The van der Waals surface area contributed by atoms with E-state index in [9.17, 15) is 5.11 Å². The van der Waals surface area contributed by atoms with Gasteiger partial charge in [-0.2, -0.15) is 9.97 Å². The second-order valence-corrected chi connectivity index (χ2v) is 13.3. The molecule has 2 heterocycles. The highest BCUT2D eigenvalue weighted by Gasteiger charge is 2.46. The van der Waals surface area contributed by atoms with E-state index in [4.69, 9.17) is 14.2 Å². The fraction of sp³-hybridized carbons (Fsp3) is 0.514. The van der Waals surface area contributed by atoms with Crippen LogP contribution in [0, 0.1) is 22.9 Å². The maximum Gasteiger partial charge on any atom is 0.319 e. The van der Waals surface area contributed by atoms with Gasteiger partial charge in [-0.3, -0.25) is 4.90 Å². The number of morpholine rings is 1. The number of aromatic nitrogens is 2. The molecule has 49 heavy (non-hydrogen) atoms. The third kappa shape index (κ3) is 7.22. The molecule has 3 aromatic carbocycles. The van der Waals surface area contributed by atoms with Crippen LogP contribution in [0.2, 0.25) is 0 Å². The van der Waals surface area contributed by atoms with Gasteiger partial charge in [-0.25, -0.2) is 13.2 Å². The van der Waals surface area contributed by atoms with Gasteiger partial charge in [0.25, 0.3) is 0 Å². The fourth-order valence-corrected chi connectivity index (χ4v) is 6.78. The highest BCUT2D eigenvalue weighted by molar-refractivity contribution is 6.05. The zero-order valence-electron chi connectivity index (χ0n) is 28.7. The van der Waals surface area contributed by atoms with E-state index >= 15 is 13.2 Å². The molecule has 1 atom stereocenters. The van der Waals surface area contributed by atoms with Gasteiger partial charge in [0.1, 0.15) is 22.9 Å². The lowest BCUT2D eigenvalue weighted by Gasteiger charge is -2.35. The molecule has 6 rings (SSSR count). The lowest BCUT2D eigenvalue weighted by molar-refractivity contribution is -0.0134. The van der Waals surface area contributed by atoms with Gasteiger partial charge in [0, 0.05) is 37.6 Å². The van der Waals surface area contributed by atoms with Crippen molar-refractivity contribution in [1.82, 2.24) is 20.2 Å². The van der Waals surface area contributed by atoms with Gasteiger partial charge in [0.15, 0.2) is 17.4 Å². The Kier molecular flexibility index (Phi) is 10.7. The van der Waals surface area contributed by atoms with Gasteiger partial charge in [-0.05, 0) is 79.3 Å². The molecule has 0 amide bonds. The van der Waals surface area contributed by atoms with Gasteiger partial charge < -0.3 is 30.0 Å². The Morgan fingerprint density at radius 3 is 2.59 bits per heavy atom. The van der Waals surface area contributed by atoms with Crippen LogP contribution in [0.5, 0.6) is 17.5 Å². The zero-order chi connectivity index (χ0) is 34.7. The molecule has 0 radical (unpaired) electrons. The Labute approximate surface area is 285 Å². The predicted octanol–water partition coefficient (Wildman–Crippen LogP) is 6.83. The highest BCUT2D eigenvalue weighted by atomic mass is 19.1. The van der Waals surface area contributed by atoms with Crippen molar-refractivity contribution in [2.24, 2.45) is 5.41 Å². The molecule has 1 aromatic heterocycles. The van der Waals surface area contributed by atoms with Crippen molar-refractivity contribution < 1.29 is 32.5 Å². The van der Waals surface area contributed by atoms with Crippen molar-refractivity contribution >= 4 is 27.5 Å². The molecular formula is C37H46F3N5O4. The average molecular weight is 682 g/mol. The number of anilines is 1. The second-order valence-electron chi connectivity index (χ2n) is 13.3. The van der Waals surface area contributed by atoms with Crippen LogP contribution in [0.4, 0.5) is 19.0 Å².